The third kappa shape index (κ3) is 4.41. The smallest absolute Gasteiger partial charge is 0.323 e. The van der Waals surface area contributed by atoms with Crippen LogP contribution in [-0.2, 0) is 0 Å². The highest BCUT2D eigenvalue weighted by atomic mass is 35.5. The quantitative estimate of drug-likeness (QED) is 0.651. The van der Waals surface area contributed by atoms with E-state index in [9.17, 15) is 4.79 Å². The minimum atomic E-state index is -0.425. The van der Waals surface area contributed by atoms with Gasteiger partial charge in [0.05, 0.1) is 23.5 Å². The van der Waals surface area contributed by atoms with E-state index in [4.69, 9.17) is 27.9 Å². The first-order chi connectivity index (χ1) is 12.5. The van der Waals surface area contributed by atoms with Gasteiger partial charge in [0.2, 0.25) is 5.88 Å². The lowest BCUT2D eigenvalue weighted by atomic mass is 10.1. The monoisotopic (exact) mass is 388 g/mol. The number of methoxy groups -OCH3 is 1. The van der Waals surface area contributed by atoms with Crippen LogP contribution in [0.1, 0.15) is 0 Å². The van der Waals surface area contributed by atoms with Gasteiger partial charge in [-0.25, -0.2) is 4.79 Å². The Morgan fingerprint density at radius 3 is 2.38 bits per heavy atom. The number of urea groups is 1. The zero-order valence-electron chi connectivity index (χ0n) is 13.7. The van der Waals surface area contributed by atoms with Gasteiger partial charge in [-0.05, 0) is 36.4 Å². The summed E-state index contributed by atoms with van der Waals surface area (Å²) in [5, 5.41) is 14.3. The molecule has 0 atom stereocenters. The molecule has 26 heavy (non-hydrogen) atoms. The molecule has 0 unspecified atom stereocenters. The molecule has 0 fully saturated rings. The predicted molar refractivity (Wildman–Crippen MR) is 103 cm³/mol. The summed E-state index contributed by atoms with van der Waals surface area (Å²) in [5.41, 5.74) is 2.61. The number of halogens is 2. The van der Waals surface area contributed by atoms with E-state index in [-0.39, 0.29) is 0 Å². The molecule has 1 heterocycles. The van der Waals surface area contributed by atoms with Crippen LogP contribution >= 0.6 is 23.2 Å². The van der Waals surface area contributed by atoms with E-state index in [0.29, 0.717) is 33.0 Å². The van der Waals surface area contributed by atoms with Gasteiger partial charge in [-0.3, -0.25) is 0 Å². The molecule has 2 aromatic carbocycles. The van der Waals surface area contributed by atoms with Gasteiger partial charge in [-0.2, -0.15) is 0 Å². The van der Waals surface area contributed by atoms with Gasteiger partial charge >= 0.3 is 6.03 Å². The second-order valence-corrected chi connectivity index (χ2v) is 6.09. The van der Waals surface area contributed by atoms with Crippen LogP contribution in [0, 0.1) is 0 Å². The minimum Gasteiger partial charge on any atom is -0.480 e. The van der Waals surface area contributed by atoms with Crippen molar-refractivity contribution in [3.63, 3.8) is 0 Å². The Balaban J connectivity index is 1.66. The number of ether oxygens (including phenoxy) is 1. The lowest BCUT2D eigenvalue weighted by Gasteiger charge is -2.10. The molecule has 0 aliphatic heterocycles. The van der Waals surface area contributed by atoms with Crippen LogP contribution in [-0.4, -0.2) is 23.3 Å². The largest absolute Gasteiger partial charge is 0.480 e. The molecule has 3 rings (SSSR count). The first kappa shape index (κ1) is 18.0. The van der Waals surface area contributed by atoms with Gasteiger partial charge in [-0.15, -0.1) is 10.2 Å². The highest BCUT2D eigenvalue weighted by Crippen LogP contribution is 2.26. The number of carbonyl (C=O) groups is 1. The number of benzene rings is 2. The van der Waals surface area contributed by atoms with E-state index in [2.05, 4.69) is 20.8 Å². The van der Waals surface area contributed by atoms with E-state index >= 15 is 0 Å². The fourth-order valence-corrected chi connectivity index (χ4v) is 2.52. The van der Waals surface area contributed by atoms with Crippen molar-refractivity contribution in [2.45, 2.75) is 0 Å². The summed E-state index contributed by atoms with van der Waals surface area (Å²) in [6.07, 6.45) is 0. The Morgan fingerprint density at radius 1 is 0.962 bits per heavy atom. The third-order valence-corrected chi connectivity index (χ3v) is 4.03. The second-order valence-electron chi connectivity index (χ2n) is 5.24. The Labute approximate surface area is 160 Å². The van der Waals surface area contributed by atoms with Gasteiger partial charge in [0.15, 0.2) is 0 Å². The molecule has 2 N–H and O–H groups in total. The summed E-state index contributed by atoms with van der Waals surface area (Å²) >= 11 is 11.9. The molecule has 0 aliphatic rings. The van der Waals surface area contributed by atoms with Crippen LogP contribution < -0.4 is 15.4 Å². The van der Waals surface area contributed by atoms with Crippen molar-refractivity contribution in [1.29, 1.82) is 0 Å². The summed E-state index contributed by atoms with van der Waals surface area (Å²) in [6, 6.07) is 15.1. The number of carbonyl (C=O) groups excluding carboxylic acids is 1. The molecule has 0 saturated carbocycles. The lowest BCUT2D eigenvalue weighted by molar-refractivity contribution is 0.262. The molecule has 0 saturated heterocycles. The molecule has 2 amide bonds. The average Bonchev–Trinajstić information content (AvgIpc) is 2.65. The van der Waals surface area contributed by atoms with E-state index in [1.54, 1.807) is 36.4 Å². The van der Waals surface area contributed by atoms with Gasteiger partial charge in [0.25, 0.3) is 0 Å². The SMILES string of the molecule is COc1ccc(-c2ccc(NC(=O)Nc3cc(Cl)ccc3Cl)cc2)nn1. The third-order valence-electron chi connectivity index (χ3n) is 3.46. The van der Waals surface area contributed by atoms with Crippen molar-refractivity contribution < 1.29 is 9.53 Å². The van der Waals surface area contributed by atoms with Crippen LogP contribution in [0.3, 0.4) is 0 Å². The van der Waals surface area contributed by atoms with E-state index in [1.807, 2.05) is 18.2 Å². The molecule has 8 heteroatoms. The van der Waals surface area contributed by atoms with Crippen LogP contribution in [0.5, 0.6) is 5.88 Å². The maximum atomic E-state index is 12.1. The topological polar surface area (TPSA) is 76.1 Å². The normalized spacial score (nSPS) is 10.3. The van der Waals surface area contributed by atoms with E-state index in [1.165, 1.54) is 7.11 Å². The van der Waals surface area contributed by atoms with Crippen molar-refractivity contribution in [2.24, 2.45) is 0 Å². The summed E-state index contributed by atoms with van der Waals surface area (Å²) in [7, 11) is 1.53. The number of hydrogen-bond donors (Lipinski definition) is 2. The molecule has 132 valence electrons. The van der Waals surface area contributed by atoms with Gasteiger partial charge < -0.3 is 15.4 Å². The first-order valence-corrected chi connectivity index (χ1v) is 8.32. The zero-order chi connectivity index (χ0) is 18.5. The number of hydrogen-bond acceptors (Lipinski definition) is 4. The second kappa shape index (κ2) is 8.03. The van der Waals surface area contributed by atoms with Gasteiger partial charge in [0, 0.05) is 22.3 Å². The minimum absolute atomic E-state index is 0.401. The van der Waals surface area contributed by atoms with Crippen LogP contribution in [0.4, 0.5) is 16.2 Å². The average molecular weight is 389 g/mol. The molecule has 0 radical (unpaired) electrons. The molecule has 0 bridgehead atoms. The standard InChI is InChI=1S/C18H14Cl2N4O2/c1-26-17-9-8-15(23-24-17)11-2-5-13(6-3-11)21-18(25)22-16-10-12(19)4-7-14(16)20/h2-10H,1H3,(H2,21,22,25). The van der Waals surface area contributed by atoms with Crippen molar-refractivity contribution in [3.05, 3.63) is 64.6 Å². The molecule has 3 aromatic rings. The van der Waals surface area contributed by atoms with Gasteiger partial charge in [-0.1, -0.05) is 35.3 Å². The number of amides is 2. The maximum absolute atomic E-state index is 12.1. The molecular formula is C18H14Cl2N4O2. The predicted octanol–water partition coefficient (Wildman–Crippen LogP) is 5.10. The fraction of sp³-hybridized carbons (Fsp3) is 0.0556. The summed E-state index contributed by atoms with van der Waals surface area (Å²) in [6.45, 7) is 0. The van der Waals surface area contributed by atoms with Gasteiger partial charge in [0.1, 0.15) is 0 Å². The highest BCUT2D eigenvalue weighted by molar-refractivity contribution is 6.35. The first-order valence-electron chi connectivity index (χ1n) is 7.56. The van der Waals surface area contributed by atoms with Crippen LogP contribution in [0.25, 0.3) is 11.3 Å². The van der Waals surface area contributed by atoms with Crippen molar-refractivity contribution >= 4 is 40.6 Å². The molecule has 0 spiro atoms. The van der Waals surface area contributed by atoms with Crippen molar-refractivity contribution in [2.75, 3.05) is 17.7 Å². The Kier molecular flexibility index (Phi) is 5.55. The summed E-state index contributed by atoms with van der Waals surface area (Å²) in [5.74, 6) is 0.448. The summed E-state index contributed by atoms with van der Waals surface area (Å²) < 4.78 is 4.99. The zero-order valence-corrected chi connectivity index (χ0v) is 15.2. The summed E-state index contributed by atoms with van der Waals surface area (Å²) in [4.78, 5) is 12.1. The van der Waals surface area contributed by atoms with Crippen LogP contribution in [0.2, 0.25) is 10.0 Å². The molecule has 1 aromatic heterocycles. The van der Waals surface area contributed by atoms with Crippen molar-refractivity contribution in [3.8, 4) is 17.1 Å². The molecular weight excluding hydrogens is 375 g/mol. The number of nitrogens with one attached hydrogen (secondary N) is 2. The van der Waals surface area contributed by atoms with Crippen molar-refractivity contribution in [1.82, 2.24) is 10.2 Å². The molecule has 6 nitrogen and oxygen atoms in total. The fourth-order valence-electron chi connectivity index (χ4n) is 2.19. The van der Waals surface area contributed by atoms with Crippen LogP contribution in [0.15, 0.2) is 54.6 Å². The number of rotatable bonds is 4. The highest BCUT2D eigenvalue weighted by Gasteiger charge is 2.07. The van der Waals surface area contributed by atoms with E-state index in [0.717, 1.165) is 5.56 Å². The lowest BCUT2D eigenvalue weighted by Crippen LogP contribution is -2.19. The van der Waals surface area contributed by atoms with E-state index < -0.39 is 6.03 Å². The Morgan fingerprint density at radius 2 is 1.73 bits per heavy atom. The number of anilines is 2. The Bertz CT molecular complexity index is 915. The number of nitrogens with zero attached hydrogens (tertiary/aromatic N) is 2. The maximum Gasteiger partial charge on any atom is 0.323 e. The molecule has 0 aliphatic carbocycles. The number of aromatic nitrogens is 2. The Hall–Kier alpha value is -2.83.